The molecule has 2 N–H and O–H groups in total. The number of cyclic esters (lactones) is 1. The fourth-order valence-electron chi connectivity index (χ4n) is 2.68. The van der Waals surface area contributed by atoms with Gasteiger partial charge in [0.15, 0.2) is 0 Å². The van der Waals surface area contributed by atoms with Crippen molar-refractivity contribution >= 4 is 11.9 Å². The molecule has 1 heterocycles. The first-order valence-corrected chi connectivity index (χ1v) is 8.93. The fourth-order valence-corrected chi connectivity index (χ4v) is 2.68. The first-order chi connectivity index (χ1) is 11.8. The molecule has 5 heteroatoms. The van der Waals surface area contributed by atoms with Gasteiger partial charge in [0.25, 0.3) is 0 Å². The largest absolute Gasteiger partial charge is 0.481 e. The lowest BCUT2D eigenvalue weighted by Gasteiger charge is -2.06. The van der Waals surface area contributed by atoms with Gasteiger partial charge in [0.05, 0.1) is 5.92 Å². The molecule has 140 valence electrons. The third kappa shape index (κ3) is 8.68. The van der Waals surface area contributed by atoms with E-state index in [0.29, 0.717) is 18.4 Å². The van der Waals surface area contributed by atoms with E-state index in [1.807, 2.05) is 0 Å². The topological polar surface area (TPSA) is 83.8 Å². The van der Waals surface area contributed by atoms with Crippen molar-refractivity contribution in [2.45, 2.75) is 72.0 Å². The van der Waals surface area contributed by atoms with Gasteiger partial charge in [-0.1, -0.05) is 30.2 Å². The van der Waals surface area contributed by atoms with Gasteiger partial charge >= 0.3 is 11.9 Å². The van der Waals surface area contributed by atoms with Gasteiger partial charge in [0.1, 0.15) is 0 Å². The Morgan fingerprint density at radius 3 is 2.48 bits per heavy atom. The lowest BCUT2D eigenvalue weighted by atomic mass is 10.0. The molecule has 0 aromatic heterocycles. The number of allylic oxidation sites excluding steroid dienone is 4. The predicted octanol–water partition coefficient (Wildman–Crippen LogP) is 4.13. The average molecular weight is 350 g/mol. The first kappa shape index (κ1) is 21.2. The Labute approximate surface area is 150 Å². The van der Waals surface area contributed by atoms with Gasteiger partial charge in [-0.15, -0.1) is 0 Å². The van der Waals surface area contributed by atoms with Gasteiger partial charge in [-0.3, -0.25) is 4.79 Å². The number of ether oxygens (including phenoxy) is 1. The molecule has 0 aromatic carbocycles. The van der Waals surface area contributed by atoms with Gasteiger partial charge in [-0.05, 0) is 64.9 Å². The molecule has 0 amide bonds. The molecule has 25 heavy (non-hydrogen) atoms. The van der Waals surface area contributed by atoms with Gasteiger partial charge in [0.2, 0.25) is 6.29 Å². The second kappa shape index (κ2) is 10.9. The molecule has 0 bridgehead atoms. The highest BCUT2D eigenvalue weighted by Crippen LogP contribution is 2.19. The zero-order chi connectivity index (χ0) is 18.8. The standard InChI is InChI=1S/C20H30O5/c1-14(9-5-11-16(3)19(22)23)7-4-8-15(2)10-6-12-17-13-18(21)25-20(17)24/h7,10,13,16,18,21H,4-6,8-9,11-12H2,1-3H3,(H,22,23)/b14-7+,15-10+/t16-,18?/m1/s1. The van der Waals surface area contributed by atoms with Crippen molar-refractivity contribution in [1.29, 1.82) is 0 Å². The number of aliphatic hydroxyl groups excluding tert-OH is 1. The lowest BCUT2D eigenvalue weighted by molar-refractivity contribution is -0.151. The Kier molecular flexibility index (Phi) is 9.21. The molecule has 0 aliphatic carbocycles. The molecular weight excluding hydrogens is 320 g/mol. The van der Waals surface area contributed by atoms with E-state index in [1.165, 1.54) is 17.2 Å². The Bertz CT molecular complexity index is 556. The van der Waals surface area contributed by atoms with E-state index in [9.17, 15) is 14.7 Å². The summed E-state index contributed by atoms with van der Waals surface area (Å²) in [4.78, 5) is 22.1. The Balaban J connectivity index is 2.21. The first-order valence-electron chi connectivity index (χ1n) is 8.93. The second-order valence-electron chi connectivity index (χ2n) is 6.80. The number of rotatable bonds is 11. The molecule has 0 fully saturated rings. The maximum absolute atomic E-state index is 11.4. The summed E-state index contributed by atoms with van der Waals surface area (Å²) in [5.74, 6) is -1.42. The number of esters is 1. The molecule has 0 saturated heterocycles. The third-order valence-corrected chi connectivity index (χ3v) is 4.40. The number of carboxylic acid groups (broad SMARTS) is 1. The van der Waals surface area contributed by atoms with Crippen LogP contribution in [0.1, 0.15) is 65.7 Å². The highest BCUT2D eigenvalue weighted by molar-refractivity contribution is 5.90. The van der Waals surface area contributed by atoms with Crippen LogP contribution in [0.2, 0.25) is 0 Å². The fraction of sp³-hybridized carbons (Fsp3) is 0.600. The minimum Gasteiger partial charge on any atom is -0.481 e. The number of carboxylic acids is 1. The van der Waals surface area contributed by atoms with Gasteiger partial charge in [0, 0.05) is 5.57 Å². The van der Waals surface area contributed by atoms with Crippen LogP contribution in [0.5, 0.6) is 0 Å². The van der Waals surface area contributed by atoms with Gasteiger partial charge in [-0.25, -0.2) is 4.79 Å². The van der Waals surface area contributed by atoms with Gasteiger partial charge in [-0.2, -0.15) is 0 Å². The van der Waals surface area contributed by atoms with Gasteiger partial charge < -0.3 is 14.9 Å². The van der Waals surface area contributed by atoms with Crippen LogP contribution in [-0.2, 0) is 14.3 Å². The van der Waals surface area contributed by atoms with Crippen LogP contribution in [0.25, 0.3) is 0 Å². The van der Waals surface area contributed by atoms with Crippen LogP contribution in [0.3, 0.4) is 0 Å². The van der Waals surface area contributed by atoms with E-state index in [1.54, 1.807) is 6.92 Å². The Morgan fingerprint density at radius 1 is 1.24 bits per heavy atom. The lowest BCUT2D eigenvalue weighted by Crippen LogP contribution is -2.08. The normalized spacial score (nSPS) is 19.6. The second-order valence-corrected chi connectivity index (χ2v) is 6.80. The molecule has 1 unspecified atom stereocenters. The van der Waals surface area contributed by atoms with Crippen molar-refractivity contribution in [3.05, 3.63) is 34.9 Å². The SMILES string of the molecule is C/C(=C\CCC1=CC(O)OC1=O)CC/C=C(\C)CCC[C@@H](C)C(=O)O. The summed E-state index contributed by atoms with van der Waals surface area (Å²) in [6.45, 7) is 5.92. The molecule has 0 radical (unpaired) electrons. The van der Waals surface area contributed by atoms with Crippen LogP contribution in [0.15, 0.2) is 34.9 Å². The number of hydrogen-bond donors (Lipinski definition) is 2. The highest BCUT2D eigenvalue weighted by atomic mass is 16.6. The zero-order valence-electron chi connectivity index (χ0n) is 15.5. The van der Waals surface area contributed by atoms with Crippen molar-refractivity contribution in [2.24, 2.45) is 5.92 Å². The monoisotopic (exact) mass is 350 g/mol. The summed E-state index contributed by atoms with van der Waals surface area (Å²) in [6, 6.07) is 0. The summed E-state index contributed by atoms with van der Waals surface area (Å²) in [6.07, 6.45) is 10.6. The van der Waals surface area contributed by atoms with Crippen LogP contribution < -0.4 is 0 Å². The third-order valence-electron chi connectivity index (χ3n) is 4.40. The smallest absolute Gasteiger partial charge is 0.336 e. The molecule has 2 atom stereocenters. The molecule has 5 nitrogen and oxygen atoms in total. The average Bonchev–Trinajstić information content (AvgIpc) is 2.84. The van der Waals surface area contributed by atoms with Crippen LogP contribution >= 0.6 is 0 Å². The van der Waals surface area contributed by atoms with E-state index in [0.717, 1.165) is 32.1 Å². The summed E-state index contributed by atoms with van der Waals surface area (Å²) in [5.41, 5.74) is 3.12. The maximum atomic E-state index is 11.4. The minimum absolute atomic E-state index is 0.272. The van der Waals surface area contributed by atoms with Crippen molar-refractivity contribution in [1.82, 2.24) is 0 Å². The molecular formula is C20H30O5. The summed E-state index contributed by atoms with van der Waals surface area (Å²) >= 11 is 0. The van der Waals surface area contributed by atoms with E-state index in [-0.39, 0.29) is 5.92 Å². The van der Waals surface area contributed by atoms with Crippen LogP contribution in [-0.4, -0.2) is 28.4 Å². The Hall–Kier alpha value is -1.88. The number of carbonyl (C=O) groups excluding carboxylic acids is 1. The number of carbonyl (C=O) groups is 2. The van der Waals surface area contributed by atoms with Crippen molar-refractivity contribution in [3.63, 3.8) is 0 Å². The van der Waals surface area contributed by atoms with Crippen molar-refractivity contribution < 1.29 is 24.5 Å². The molecule has 1 aliphatic rings. The highest BCUT2D eigenvalue weighted by Gasteiger charge is 2.22. The maximum Gasteiger partial charge on any atom is 0.336 e. The molecule has 0 spiro atoms. The van der Waals surface area contributed by atoms with Crippen LogP contribution in [0, 0.1) is 5.92 Å². The van der Waals surface area contributed by atoms with E-state index in [4.69, 9.17) is 5.11 Å². The number of aliphatic carboxylic acids is 1. The molecule has 1 rings (SSSR count). The Morgan fingerprint density at radius 2 is 1.88 bits per heavy atom. The molecule has 0 saturated carbocycles. The quantitative estimate of drug-likeness (QED) is 0.432. The summed E-state index contributed by atoms with van der Waals surface area (Å²) in [7, 11) is 0. The van der Waals surface area contributed by atoms with E-state index < -0.39 is 18.2 Å². The predicted molar refractivity (Wildman–Crippen MR) is 96.8 cm³/mol. The minimum atomic E-state index is -1.08. The summed E-state index contributed by atoms with van der Waals surface area (Å²) < 4.78 is 4.65. The molecule has 0 aromatic rings. The van der Waals surface area contributed by atoms with Crippen molar-refractivity contribution in [2.75, 3.05) is 0 Å². The van der Waals surface area contributed by atoms with E-state index >= 15 is 0 Å². The summed E-state index contributed by atoms with van der Waals surface area (Å²) in [5, 5.41) is 18.1. The van der Waals surface area contributed by atoms with Crippen LogP contribution in [0.4, 0.5) is 0 Å². The molecule has 1 aliphatic heterocycles. The number of aliphatic hydroxyl groups is 1. The van der Waals surface area contributed by atoms with E-state index in [2.05, 4.69) is 30.7 Å². The number of hydrogen-bond acceptors (Lipinski definition) is 4. The zero-order valence-corrected chi connectivity index (χ0v) is 15.5. The van der Waals surface area contributed by atoms with Crippen molar-refractivity contribution in [3.8, 4) is 0 Å².